The number of rotatable bonds is 2. The van der Waals surface area contributed by atoms with Gasteiger partial charge < -0.3 is 4.42 Å². The number of nitro groups is 1. The summed E-state index contributed by atoms with van der Waals surface area (Å²) < 4.78 is 5.20. The van der Waals surface area contributed by atoms with E-state index >= 15 is 0 Å². The largest absolute Gasteiger partial charge is 0.445 e. The van der Waals surface area contributed by atoms with Gasteiger partial charge in [0.05, 0.1) is 15.5 Å². The Labute approximate surface area is 107 Å². The molecule has 2 rings (SSSR count). The molecule has 0 bridgehead atoms. The van der Waals surface area contributed by atoms with Crippen molar-refractivity contribution in [3.8, 4) is 17.4 Å². The summed E-state index contributed by atoms with van der Waals surface area (Å²) in [6.45, 7) is 1.74. The second-order valence-electron chi connectivity index (χ2n) is 3.65. The Bertz CT molecular complexity index is 670. The fraction of sp³-hybridized carbons (Fsp3) is 0.0833. The third-order valence-corrected chi connectivity index (χ3v) is 2.86. The second-order valence-corrected chi connectivity index (χ2v) is 4.06. The van der Waals surface area contributed by atoms with Crippen LogP contribution in [0.25, 0.3) is 11.3 Å². The number of hydrogen-bond acceptors (Lipinski definition) is 4. The molecule has 0 spiro atoms. The van der Waals surface area contributed by atoms with Gasteiger partial charge in [-0.3, -0.25) is 10.1 Å². The number of hydrogen-bond donors (Lipinski definition) is 0. The van der Waals surface area contributed by atoms with Crippen molar-refractivity contribution in [3.05, 3.63) is 50.7 Å². The fourth-order valence-corrected chi connectivity index (χ4v) is 1.72. The van der Waals surface area contributed by atoms with Gasteiger partial charge in [0.2, 0.25) is 5.76 Å². The number of nitro benzene ring substituents is 1. The molecule has 90 valence electrons. The molecular formula is C12H7ClN2O3. The first-order valence-electron chi connectivity index (χ1n) is 4.97. The zero-order chi connectivity index (χ0) is 13.3. The summed E-state index contributed by atoms with van der Waals surface area (Å²) in [6, 6.07) is 7.66. The summed E-state index contributed by atoms with van der Waals surface area (Å²) in [7, 11) is 0. The number of furan rings is 1. The minimum absolute atomic E-state index is 0.104. The molecule has 2 aromatic rings. The van der Waals surface area contributed by atoms with Gasteiger partial charge in [-0.25, -0.2) is 0 Å². The summed E-state index contributed by atoms with van der Waals surface area (Å²) in [5, 5.41) is 20.0. The van der Waals surface area contributed by atoms with Gasteiger partial charge in [0, 0.05) is 6.07 Å². The van der Waals surface area contributed by atoms with Crippen LogP contribution in [0.15, 0.2) is 28.7 Å². The van der Waals surface area contributed by atoms with Crippen LogP contribution in [0.4, 0.5) is 5.69 Å². The average molecular weight is 263 g/mol. The highest BCUT2D eigenvalue weighted by molar-refractivity contribution is 6.31. The predicted octanol–water partition coefficient (Wildman–Crippen LogP) is 3.69. The number of nitriles is 1. The van der Waals surface area contributed by atoms with Crippen molar-refractivity contribution in [2.24, 2.45) is 0 Å². The summed E-state index contributed by atoms with van der Waals surface area (Å²) in [4.78, 5) is 10.4. The van der Waals surface area contributed by atoms with E-state index in [9.17, 15) is 10.1 Å². The van der Waals surface area contributed by atoms with Crippen LogP contribution < -0.4 is 0 Å². The summed E-state index contributed by atoms with van der Waals surface area (Å²) in [6.07, 6.45) is 0. The van der Waals surface area contributed by atoms with Crippen molar-refractivity contribution in [3.63, 3.8) is 0 Å². The molecule has 1 heterocycles. The Morgan fingerprint density at radius 1 is 1.44 bits per heavy atom. The maximum Gasteiger partial charge on any atom is 0.281 e. The molecule has 0 saturated heterocycles. The third-order valence-electron chi connectivity index (χ3n) is 2.46. The van der Waals surface area contributed by atoms with Crippen molar-refractivity contribution < 1.29 is 9.34 Å². The Morgan fingerprint density at radius 3 is 2.72 bits per heavy atom. The Kier molecular flexibility index (Phi) is 3.04. The smallest absolute Gasteiger partial charge is 0.281 e. The van der Waals surface area contributed by atoms with E-state index in [0.717, 1.165) is 0 Å². The molecule has 5 nitrogen and oxygen atoms in total. The highest BCUT2D eigenvalue weighted by atomic mass is 35.5. The van der Waals surface area contributed by atoms with Crippen molar-refractivity contribution in [1.29, 1.82) is 5.26 Å². The van der Waals surface area contributed by atoms with Crippen LogP contribution in [0.1, 0.15) is 11.3 Å². The third kappa shape index (κ3) is 2.06. The van der Waals surface area contributed by atoms with Gasteiger partial charge >= 0.3 is 0 Å². The molecule has 0 radical (unpaired) electrons. The van der Waals surface area contributed by atoms with Crippen LogP contribution in [0.3, 0.4) is 0 Å². The van der Waals surface area contributed by atoms with E-state index < -0.39 is 4.92 Å². The van der Waals surface area contributed by atoms with Crippen molar-refractivity contribution in [2.75, 3.05) is 0 Å². The Morgan fingerprint density at radius 2 is 2.17 bits per heavy atom. The first-order valence-corrected chi connectivity index (χ1v) is 5.35. The van der Waals surface area contributed by atoms with Crippen molar-refractivity contribution in [1.82, 2.24) is 0 Å². The second kappa shape index (κ2) is 4.51. The quantitative estimate of drug-likeness (QED) is 0.610. The van der Waals surface area contributed by atoms with E-state index in [4.69, 9.17) is 21.3 Å². The Balaban J connectivity index is 2.66. The van der Waals surface area contributed by atoms with Crippen LogP contribution in [0.5, 0.6) is 0 Å². The lowest BCUT2D eigenvalue weighted by Gasteiger charge is -2.03. The maximum absolute atomic E-state index is 11.0. The molecule has 1 aromatic carbocycles. The van der Waals surface area contributed by atoms with E-state index in [1.165, 1.54) is 18.2 Å². The average Bonchev–Trinajstić information content (AvgIpc) is 2.80. The molecule has 0 N–H and O–H groups in total. The van der Waals surface area contributed by atoms with Gasteiger partial charge in [0.25, 0.3) is 5.69 Å². The monoisotopic (exact) mass is 262 g/mol. The lowest BCUT2D eigenvalue weighted by atomic mass is 10.1. The van der Waals surface area contributed by atoms with Crippen LogP contribution in [0, 0.1) is 28.4 Å². The first-order chi connectivity index (χ1) is 8.52. The SMILES string of the molecule is Cc1cc(-c2ccc(C#N)o2)c([N+](=O)[O-])cc1Cl. The normalized spacial score (nSPS) is 10.1. The van der Waals surface area contributed by atoms with Crippen LogP contribution in [-0.4, -0.2) is 4.92 Å². The van der Waals surface area contributed by atoms with Gasteiger partial charge in [-0.05, 0) is 30.7 Å². The van der Waals surface area contributed by atoms with E-state index in [1.807, 2.05) is 6.07 Å². The lowest BCUT2D eigenvalue weighted by Crippen LogP contribution is -1.93. The van der Waals surface area contributed by atoms with Gasteiger partial charge in [-0.15, -0.1) is 0 Å². The minimum Gasteiger partial charge on any atom is -0.445 e. The highest BCUT2D eigenvalue weighted by Crippen LogP contribution is 2.35. The molecular weight excluding hydrogens is 256 g/mol. The van der Waals surface area contributed by atoms with Gasteiger partial charge in [0.15, 0.2) is 0 Å². The van der Waals surface area contributed by atoms with E-state index in [1.54, 1.807) is 13.0 Å². The summed E-state index contributed by atoms with van der Waals surface area (Å²) in [5.41, 5.74) is 0.861. The maximum atomic E-state index is 11.0. The zero-order valence-electron chi connectivity index (χ0n) is 9.31. The molecule has 0 fully saturated rings. The zero-order valence-corrected chi connectivity index (χ0v) is 10.1. The Hall–Kier alpha value is -2.32. The predicted molar refractivity (Wildman–Crippen MR) is 65.3 cm³/mol. The first kappa shape index (κ1) is 12.1. The molecule has 0 aliphatic heterocycles. The topological polar surface area (TPSA) is 80.1 Å². The number of aryl methyl sites for hydroxylation is 1. The standard InChI is InChI=1S/C12H7ClN2O3/c1-7-4-9(11(15(16)17)5-10(7)13)12-3-2-8(6-14)18-12/h2-5H,1H3. The molecule has 1 aromatic heterocycles. The highest BCUT2D eigenvalue weighted by Gasteiger charge is 2.20. The van der Waals surface area contributed by atoms with Crippen LogP contribution in [-0.2, 0) is 0 Å². The molecule has 0 amide bonds. The number of nitrogens with zero attached hydrogens (tertiary/aromatic N) is 2. The molecule has 0 aliphatic rings. The van der Waals surface area contributed by atoms with Gasteiger partial charge in [0.1, 0.15) is 11.8 Å². The number of halogens is 1. The molecule has 0 atom stereocenters. The van der Waals surface area contributed by atoms with E-state index in [-0.39, 0.29) is 17.2 Å². The molecule has 0 saturated carbocycles. The van der Waals surface area contributed by atoms with E-state index in [0.29, 0.717) is 16.1 Å². The molecule has 0 unspecified atom stereocenters. The fourth-order valence-electron chi connectivity index (χ4n) is 1.56. The molecule has 18 heavy (non-hydrogen) atoms. The van der Waals surface area contributed by atoms with Gasteiger partial charge in [-0.1, -0.05) is 11.6 Å². The number of benzene rings is 1. The van der Waals surface area contributed by atoms with Gasteiger partial charge in [-0.2, -0.15) is 5.26 Å². The van der Waals surface area contributed by atoms with Crippen molar-refractivity contribution >= 4 is 17.3 Å². The van der Waals surface area contributed by atoms with Crippen LogP contribution >= 0.6 is 11.6 Å². The van der Waals surface area contributed by atoms with Crippen LogP contribution in [0.2, 0.25) is 5.02 Å². The molecule has 0 aliphatic carbocycles. The summed E-state index contributed by atoms with van der Waals surface area (Å²) >= 11 is 5.86. The molecule has 6 heteroatoms. The minimum atomic E-state index is -0.533. The van der Waals surface area contributed by atoms with Crippen molar-refractivity contribution in [2.45, 2.75) is 6.92 Å². The summed E-state index contributed by atoms with van der Waals surface area (Å²) in [5.74, 6) is 0.380. The van der Waals surface area contributed by atoms with E-state index in [2.05, 4.69) is 0 Å². The lowest BCUT2D eigenvalue weighted by molar-refractivity contribution is -0.384.